The van der Waals surface area contributed by atoms with E-state index < -0.39 is 96.9 Å². The number of hydrogen-bond acceptors (Lipinski definition) is 16. The van der Waals surface area contributed by atoms with Crippen molar-refractivity contribution >= 4 is 90.5 Å². The Morgan fingerprint density at radius 3 is 1.35 bits per heavy atom. The van der Waals surface area contributed by atoms with E-state index >= 15 is 0 Å². The third-order valence-corrected chi connectivity index (χ3v) is 14.5. The number of aryl methyl sites for hydroxylation is 2. The Bertz CT molecular complexity index is 3330. The molecule has 4 aromatic carbocycles. The summed E-state index contributed by atoms with van der Waals surface area (Å²) >= 11 is 0. The monoisotopic (exact) mass is 1210 g/mol. The highest BCUT2D eigenvalue weighted by Gasteiger charge is 2.20. The Morgan fingerprint density at radius 2 is 0.974 bits per heavy atom. The van der Waals surface area contributed by atoms with Crippen molar-refractivity contribution in [2.24, 2.45) is 0 Å². The lowest BCUT2D eigenvalue weighted by molar-refractivity contribution is 0.111. The van der Waals surface area contributed by atoms with Crippen molar-refractivity contribution in [3.8, 4) is 0 Å². The van der Waals surface area contributed by atoms with Crippen LogP contribution >= 0.6 is 10.7 Å². The number of benzene rings is 4. The van der Waals surface area contributed by atoms with Crippen LogP contribution in [0.3, 0.4) is 0 Å². The number of hydrogen-bond donors (Lipinski definition) is 6. The summed E-state index contributed by atoms with van der Waals surface area (Å²) < 4.78 is 209. The predicted octanol–water partition coefficient (Wildman–Crippen LogP) is 10.1. The number of halogens is 9. The molecule has 0 fully saturated rings. The van der Waals surface area contributed by atoms with Gasteiger partial charge in [0.2, 0.25) is 39.1 Å². The Hall–Kier alpha value is -6.70. The third kappa shape index (κ3) is 27.1. The van der Waals surface area contributed by atoms with Crippen molar-refractivity contribution in [2.75, 3.05) is 54.0 Å². The standard InChI is InChI=1S/C14H17F2N3O3S.C10H11F2NO3S.C9H11F2NO2S.C6H5F2N.C4H6N2O.C3H7ClO2S/c1-3-6-23(20,21)19-12-5-4-11(15)10(14(12)16)8-17-13-7-9(2)22-18-13;1-2-5-17(15,16)13-9-4-3-8(11)7(6-14)10(9)12;1-2-5-15(13,14)12-9-4-3-7(10)6-8(9)11;7-4-1-2-6(9)5(8)3-4;1-3-2-4(5)6-7-3;1-2-3-7(4,5)6/h4-5,7,19H,3,6,8H2,1-2H3,(H,17,18);3-4,6,13H,2,5H2,1H3;3-4,6,12H,2,5H2,1H3;1-3H,9H2;2H,1H3,(H2,5,6);2-3H2,1H3. The van der Waals surface area contributed by atoms with Crippen molar-refractivity contribution < 1.29 is 82.6 Å². The Morgan fingerprint density at radius 1 is 0.538 bits per heavy atom. The largest absolute Gasteiger partial charge is 0.396 e. The van der Waals surface area contributed by atoms with E-state index in [2.05, 4.69) is 24.9 Å². The molecule has 32 heteroatoms. The zero-order valence-corrected chi connectivity index (χ0v) is 46.5. The highest BCUT2D eigenvalue weighted by atomic mass is 35.7. The van der Waals surface area contributed by atoms with E-state index in [0.29, 0.717) is 49.1 Å². The number of carbonyl (C=O) groups excluding carboxylic acids is 1. The minimum Gasteiger partial charge on any atom is -0.396 e. The number of rotatable bonds is 18. The van der Waals surface area contributed by atoms with Gasteiger partial charge >= 0.3 is 0 Å². The van der Waals surface area contributed by atoms with Crippen LogP contribution in [0.2, 0.25) is 0 Å². The van der Waals surface area contributed by atoms with E-state index in [1.807, 2.05) is 9.44 Å². The van der Waals surface area contributed by atoms with Crippen LogP contribution in [0.1, 0.15) is 80.8 Å². The molecule has 434 valence electrons. The molecule has 0 amide bonds. The molecule has 78 heavy (non-hydrogen) atoms. The molecule has 0 aliphatic carbocycles. The van der Waals surface area contributed by atoms with Gasteiger partial charge in [-0.25, -0.2) is 68.8 Å². The zero-order chi connectivity index (χ0) is 59.6. The molecular weight excluding hydrogens is 1160 g/mol. The number of carbonyl (C=O) groups is 1. The number of nitrogens with one attached hydrogen (secondary N) is 4. The molecule has 6 aromatic rings. The fraction of sp³-hybridized carbons (Fsp3) is 0.326. The maximum absolute atomic E-state index is 14.4. The number of nitrogens with two attached hydrogens (primary N) is 2. The van der Waals surface area contributed by atoms with E-state index in [1.165, 1.54) is 6.07 Å². The second kappa shape index (κ2) is 32.9. The number of sulfonamides is 3. The minimum atomic E-state index is -3.67. The molecule has 0 radical (unpaired) electrons. The molecule has 19 nitrogen and oxygen atoms in total. The highest BCUT2D eigenvalue weighted by Crippen LogP contribution is 2.24. The zero-order valence-electron chi connectivity index (χ0n) is 42.4. The number of anilines is 6. The topological polar surface area (TPSA) is 306 Å². The van der Waals surface area contributed by atoms with Gasteiger partial charge in [0.25, 0.3) is 0 Å². The van der Waals surface area contributed by atoms with E-state index in [-0.39, 0.29) is 58.5 Å². The van der Waals surface area contributed by atoms with Crippen molar-refractivity contribution in [1.82, 2.24) is 10.3 Å². The lowest BCUT2D eigenvalue weighted by Crippen LogP contribution is -2.18. The van der Waals surface area contributed by atoms with Gasteiger partial charge in [-0.1, -0.05) is 38.0 Å². The molecule has 0 spiro atoms. The lowest BCUT2D eigenvalue weighted by atomic mass is 10.1. The van der Waals surface area contributed by atoms with Gasteiger partial charge in [-0.05, 0) is 88.1 Å². The van der Waals surface area contributed by atoms with Gasteiger partial charge in [0.05, 0.1) is 51.3 Å². The maximum atomic E-state index is 14.4. The minimum absolute atomic E-state index is 0.00227. The summed E-state index contributed by atoms with van der Waals surface area (Å²) in [7, 11) is -9.26. The van der Waals surface area contributed by atoms with Gasteiger partial charge in [-0.15, -0.1) is 0 Å². The van der Waals surface area contributed by atoms with Crippen LogP contribution in [0.4, 0.5) is 69.5 Å². The summed E-state index contributed by atoms with van der Waals surface area (Å²) in [4.78, 5) is 10.4. The van der Waals surface area contributed by atoms with Crippen LogP contribution < -0.4 is 31.0 Å². The average molecular weight is 1210 g/mol. The average Bonchev–Trinajstić information content (AvgIpc) is 3.93. The fourth-order valence-corrected chi connectivity index (χ4v) is 9.74. The summed E-state index contributed by atoms with van der Waals surface area (Å²) in [5.74, 6) is -5.24. The molecule has 2 aromatic heterocycles. The first kappa shape index (κ1) is 69.3. The smallest absolute Gasteiger partial charge is 0.232 e. The van der Waals surface area contributed by atoms with Gasteiger partial charge in [0.1, 0.15) is 46.4 Å². The van der Waals surface area contributed by atoms with Crippen LogP contribution in [0.15, 0.2) is 81.8 Å². The van der Waals surface area contributed by atoms with E-state index in [1.54, 1.807) is 53.7 Å². The van der Waals surface area contributed by atoms with Crippen molar-refractivity contribution in [3.05, 3.63) is 142 Å². The molecule has 0 unspecified atom stereocenters. The summed E-state index contributed by atoms with van der Waals surface area (Å²) in [5.41, 5.74) is 8.17. The quantitative estimate of drug-likeness (QED) is 0.0202. The summed E-state index contributed by atoms with van der Waals surface area (Å²) in [6, 6.07) is 12.8. The number of nitrogens with zero attached hydrogens (tertiary/aromatic N) is 2. The fourth-order valence-electron chi connectivity index (χ4n) is 5.39. The van der Waals surface area contributed by atoms with E-state index in [4.69, 9.17) is 26.7 Å². The Balaban J connectivity index is 0.000000494. The molecule has 0 aliphatic rings. The van der Waals surface area contributed by atoms with Gasteiger partial charge in [0.15, 0.2) is 29.6 Å². The van der Waals surface area contributed by atoms with Crippen molar-refractivity contribution in [1.29, 1.82) is 0 Å². The summed E-state index contributed by atoms with van der Waals surface area (Å²) in [6.45, 7) is 10.1. The first-order valence-electron chi connectivity index (χ1n) is 22.6. The van der Waals surface area contributed by atoms with Crippen LogP contribution in [0.5, 0.6) is 0 Å². The van der Waals surface area contributed by atoms with Gasteiger partial charge in [-0.2, -0.15) is 0 Å². The number of aromatic nitrogens is 2. The SMILES string of the molecule is CCCS(=O)(=O)Cl.CCCS(=O)(=O)Nc1ccc(F)c(C=O)c1F.CCCS(=O)(=O)Nc1ccc(F)c(CNc2cc(C)on2)c1F.CCCS(=O)(=O)Nc1ccc(F)cc1F.Cc1cc(N)no1.Nc1ccc(F)cc1F. The Labute approximate surface area is 451 Å². The number of nitrogen functional groups attached to an aromatic ring is 2. The molecule has 2 heterocycles. The van der Waals surface area contributed by atoms with Gasteiger partial charge in [-0.3, -0.25) is 19.0 Å². The summed E-state index contributed by atoms with van der Waals surface area (Å²) in [6.07, 6.45) is 1.77. The molecule has 0 saturated carbocycles. The van der Waals surface area contributed by atoms with Gasteiger partial charge in [0, 0.05) is 47.1 Å². The first-order valence-corrected chi connectivity index (χ1v) is 30.0. The maximum Gasteiger partial charge on any atom is 0.232 e. The molecule has 8 N–H and O–H groups in total. The van der Waals surface area contributed by atoms with E-state index in [0.717, 1.165) is 54.3 Å². The summed E-state index contributed by atoms with van der Waals surface area (Å²) in [5, 5.41) is 9.79. The van der Waals surface area contributed by atoms with E-state index in [9.17, 15) is 73.6 Å². The second-order valence-corrected chi connectivity index (χ2v) is 24.1. The normalized spacial score (nSPS) is 11.0. The second-order valence-electron chi connectivity index (χ2n) is 15.7. The molecular formula is C46H57ClF8N8O11S4. The predicted molar refractivity (Wildman–Crippen MR) is 282 cm³/mol. The lowest BCUT2D eigenvalue weighted by Gasteiger charge is -2.12. The molecule has 0 atom stereocenters. The van der Waals surface area contributed by atoms with Crippen LogP contribution in [0.25, 0.3) is 0 Å². The Kier molecular flexibility index (Phi) is 29.2. The first-order chi connectivity index (χ1) is 36.2. The number of aldehydes is 1. The molecule has 0 saturated heterocycles. The van der Waals surface area contributed by atoms with Crippen LogP contribution in [-0.2, 0) is 45.7 Å². The highest BCUT2D eigenvalue weighted by molar-refractivity contribution is 8.13. The van der Waals surface area contributed by atoms with Crippen molar-refractivity contribution in [2.45, 2.75) is 73.8 Å². The molecule has 6 rings (SSSR count). The third-order valence-electron chi connectivity index (χ3n) is 8.71. The molecule has 0 aliphatic heterocycles. The van der Waals surface area contributed by atoms with Gasteiger partial charge < -0.3 is 25.8 Å². The van der Waals surface area contributed by atoms with Crippen LogP contribution in [0, 0.1) is 60.4 Å². The van der Waals surface area contributed by atoms with Crippen molar-refractivity contribution in [3.63, 3.8) is 0 Å². The van der Waals surface area contributed by atoms with Crippen LogP contribution in [-0.4, -0.2) is 73.3 Å². The molecule has 0 bridgehead atoms.